The van der Waals surface area contributed by atoms with Crippen molar-refractivity contribution in [3.05, 3.63) is 58.7 Å². The molecule has 0 N–H and O–H groups in total. The molecule has 0 radical (unpaired) electrons. The Morgan fingerprint density at radius 1 is 1.00 bits per heavy atom. The Balaban J connectivity index is 2.20. The van der Waals surface area contributed by atoms with Gasteiger partial charge in [-0.25, -0.2) is 0 Å². The van der Waals surface area contributed by atoms with E-state index in [4.69, 9.17) is 4.74 Å². The predicted octanol–water partition coefficient (Wildman–Crippen LogP) is 4.60. The Bertz CT molecular complexity index is 593. The molecule has 3 rings (SSSR count). The molecule has 19 heavy (non-hydrogen) atoms. The van der Waals surface area contributed by atoms with Gasteiger partial charge in [-0.15, -0.1) is 0 Å². The lowest BCUT2D eigenvalue weighted by atomic mass is 9.91. The van der Waals surface area contributed by atoms with Gasteiger partial charge in [0.25, 0.3) is 0 Å². The van der Waals surface area contributed by atoms with Crippen LogP contribution in [0.4, 0.5) is 0 Å². The second-order valence-electron chi connectivity index (χ2n) is 5.40. The minimum Gasteiger partial charge on any atom is -0.377 e. The Morgan fingerprint density at radius 3 is 2.37 bits per heavy atom. The van der Waals surface area contributed by atoms with Crippen molar-refractivity contribution in [3.63, 3.8) is 0 Å². The summed E-state index contributed by atoms with van der Waals surface area (Å²) in [4.78, 5) is 0. The van der Waals surface area contributed by atoms with Crippen LogP contribution in [0.2, 0.25) is 0 Å². The monoisotopic (exact) mass is 252 g/mol. The van der Waals surface area contributed by atoms with Gasteiger partial charge in [0.15, 0.2) is 0 Å². The van der Waals surface area contributed by atoms with E-state index in [0.717, 1.165) is 12.8 Å². The lowest BCUT2D eigenvalue weighted by Crippen LogP contribution is -1.97. The van der Waals surface area contributed by atoms with Gasteiger partial charge in [0.2, 0.25) is 0 Å². The lowest BCUT2D eigenvalue weighted by Gasteiger charge is -2.15. The van der Waals surface area contributed by atoms with Crippen LogP contribution in [0.25, 0.3) is 11.1 Å². The molecule has 1 nitrogen and oxygen atoms in total. The first-order valence-corrected chi connectivity index (χ1v) is 6.93. The molecule has 2 aromatic carbocycles. The average molecular weight is 252 g/mol. The quantitative estimate of drug-likeness (QED) is 0.758. The third-order valence-corrected chi connectivity index (χ3v) is 4.25. The van der Waals surface area contributed by atoms with Crippen LogP contribution in [0.3, 0.4) is 0 Å². The van der Waals surface area contributed by atoms with Gasteiger partial charge in [0.05, 0.1) is 6.10 Å². The Morgan fingerprint density at radius 2 is 1.68 bits per heavy atom. The van der Waals surface area contributed by atoms with E-state index in [1.807, 2.05) is 7.11 Å². The van der Waals surface area contributed by atoms with E-state index in [1.165, 1.54) is 33.4 Å². The first-order valence-electron chi connectivity index (χ1n) is 6.93. The van der Waals surface area contributed by atoms with Crippen LogP contribution < -0.4 is 0 Å². The Kier molecular flexibility index (Phi) is 3.16. The number of methoxy groups -OCH3 is 1. The van der Waals surface area contributed by atoms with Crippen LogP contribution in [0.15, 0.2) is 36.4 Å². The molecule has 0 saturated carbocycles. The third kappa shape index (κ3) is 1.98. The van der Waals surface area contributed by atoms with Crippen molar-refractivity contribution in [2.45, 2.75) is 32.8 Å². The zero-order valence-corrected chi connectivity index (χ0v) is 11.9. The van der Waals surface area contributed by atoms with Gasteiger partial charge in [0.1, 0.15) is 0 Å². The van der Waals surface area contributed by atoms with E-state index in [1.54, 1.807) is 0 Å². The highest BCUT2D eigenvalue weighted by Gasteiger charge is 2.25. The number of aryl methyl sites for hydroxylation is 2. The van der Waals surface area contributed by atoms with Crippen molar-refractivity contribution < 1.29 is 4.74 Å². The molecule has 1 aliphatic rings. The molecule has 2 aromatic rings. The fourth-order valence-corrected chi connectivity index (χ4v) is 3.33. The molecular weight excluding hydrogens is 232 g/mol. The topological polar surface area (TPSA) is 9.23 Å². The largest absolute Gasteiger partial charge is 0.377 e. The molecule has 1 aliphatic carbocycles. The zero-order valence-electron chi connectivity index (χ0n) is 11.9. The summed E-state index contributed by atoms with van der Waals surface area (Å²) in [5.41, 5.74) is 8.36. The fourth-order valence-electron chi connectivity index (χ4n) is 3.33. The normalized spacial score (nSPS) is 17.5. The van der Waals surface area contributed by atoms with E-state index >= 15 is 0 Å². The maximum Gasteiger partial charge on any atom is 0.0827 e. The first kappa shape index (κ1) is 12.4. The molecule has 0 spiro atoms. The van der Waals surface area contributed by atoms with Crippen molar-refractivity contribution >= 4 is 0 Å². The summed E-state index contributed by atoms with van der Waals surface area (Å²) in [7, 11) is 1.81. The SMILES string of the molecule is CO[C@@H]1CCc2c(-c3c(C)cccc3C)cccc21. The van der Waals surface area contributed by atoms with Crippen LogP contribution in [0.1, 0.15) is 34.8 Å². The molecule has 0 aromatic heterocycles. The van der Waals surface area contributed by atoms with E-state index in [0.29, 0.717) is 0 Å². The van der Waals surface area contributed by atoms with Crippen molar-refractivity contribution in [3.8, 4) is 11.1 Å². The molecular formula is C18H20O. The maximum absolute atomic E-state index is 5.59. The molecule has 0 aliphatic heterocycles. The number of hydrogen-bond donors (Lipinski definition) is 0. The highest BCUT2D eigenvalue weighted by molar-refractivity contribution is 5.75. The number of rotatable bonds is 2. The Labute approximate surface area is 115 Å². The maximum atomic E-state index is 5.59. The zero-order chi connectivity index (χ0) is 13.4. The number of fused-ring (bicyclic) bond motifs is 1. The number of hydrogen-bond acceptors (Lipinski definition) is 1. The second-order valence-corrected chi connectivity index (χ2v) is 5.40. The summed E-state index contributed by atoms with van der Waals surface area (Å²) in [6.07, 6.45) is 2.50. The van der Waals surface area contributed by atoms with Crippen LogP contribution in [-0.4, -0.2) is 7.11 Å². The van der Waals surface area contributed by atoms with Gasteiger partial charge in [-0.1, -0.05) is 36.4 Å². The molecule has 0 heterocycles. The summed E-state index contributed by atoms with van der Waals surface area (Å²) < 4.78 is 5.59. The standard InChI is InChI=1S/C18H20O/c1-12-6-4-7-13(2)18(12)16-9-5-8-15-14(16)10-11-17(15)19-3/h4-9,17H,10-11H2,1-3H3/t17-/m1/s1. The molecule has 1 atom stereocenters. The summed E-state index contributed by atoms with van der Waals surface area (Å²) in [6.45, 7) is 4.40. The minimum absolute atomic E-state index is 0.277. The molecule has 0 fully saturated rings. The molecule has 0 bridgehead atoms. The van der Waals surface area contributed by atoms with Crippen LogP contribution >= 0.6 is 0 Å². The van der Waals surface area contributed by atoms with E-state index in [9.17, 15) is 0 Å². The summed E-state index contributed by atoms with van der Waals surface area (Å²) in [5.74, 6) is 0. The lowest BCUT2D eigenvalue weighted by molar-refractivity contribution is 0.105. The van der Waals surface area contributed by atoms with Crippen LogP contribution in [0.5, 0.6) is 0 Å². The van der Waals surface area contributed by atoms with Gasteiger partial charge in [-0.05, 0) is 60.1 Å². The van der Waals surface area contributed by atoms with E-state index in [-0.39, 0.29) is 6.10 Å². The van der Waals surface area contributed by atoms with Crippen molar-refractivity contribution in [2.24, 2.45) is 0 Å². The molecule has 98 valence electrons. The van der Waals surface area contributed by atoms with E-state index < -0.39 is 0 Å². The number of benzene rings is 2. The van der Waals surface area contributed by atoms with E-state index in [2.05, 4.69) is 50.2 Å². The van der Waals surface area contributed by atoms with Crippen molar-refractivity contribution in [1.29, 1.82) is 0 Å². The highest BCUT2D eigenvalue weighted by atomic mass is 16.5. The predicted molar refractivity (Wildman–Crippen MR) is 79.4 cm³/mol. The summed E-state index contributed by atoms with van der Waals surface area (Å²) in [5, 5.41) is 0. The van der Waals surface area contributed by atoms with Gasteiger partial charge in [-0.3, -0.25) is 0 Å². The average Bonchev–Trinajstić information content (AvgIpc) is 2.82. The van der Waals surface area contributed by atoms with Crippen molar-refractivity contribution in [1.82, 2.24) is 0 Å². The summed E-state index contributed by atoms with van der Waals surface area (Å²) in [6, 6.07) is 13.2. The Hall–Kier alpha value is -1.60. The molecule has 0 saturated heterocycles. The van der Waals surface area contributed by atoms with Gasteiger partial charge < -0.3 is 4.74 Å². The van der Waals surface area contributed by atoms with Crippen LogP contribution in [0, 0.1) is 13.8 Å². The summed E-state index contributed by atoms with van der Waals surface area (Å²) >= 11 is 0. The first-order chi connectivity index (χ1) is 9.22. The molecule has 0 amide bonds. The van der Waals surface area contributed by atoms with Crippen molar-refractivity contribution in [2.75, 3.05) is 7.11 Å². The fraction of sp³-hybridized carbons (Fsp3) is 0.333. The van der Waals surface area contributed by atoms with Crippen LogP contribution in [-0.2, 0) is 11.2 Å². The molecule has 0 unspecified atom stereocenters. The second kappa shape index (κ2) is 4.82. The highest BCUT2D eigenvalue weighted by Crippen LogP contribution is 2.40. The third-order valence-electron chi connectivity index (χ3n) is 4.25. The van der Waals surface area contributed by atoms with Gasteiger partial charge >= 0.3 is 0 Å². The number of ether oxygens (including phenoxy) is 1. The molecule has 1 heteroatoms. The van der Waals surface area contributed by atoms with Gasteiger partial charge in [0, 0.05) is 7.11 Å². The van der Waals surface area contributed by atoms with Gasteiger partial charge in [-0.2, -0.15) is 0 Å². The minimum atomic E-state index is 0.277. The smallest absolute Gasteiger partial charge is 0.0827 e.